The minimum Gasteiger partial charge on any atom is -0.352 e. The first-order chi connectivity index (χ1) is 8.59. The van der Waals surface area contributed by atoms with Crippen molar-refractivity contribution in [1.82, 2.24) is 10.3 Å². The maximum Gasteiger partial charge on any atom is 0.252 e. The molecule has 2 heterocycles. The molecule has 6 nitrogen and oxygen atoms in total. The number of aromatic nitrogens is 1. The summed E-state index contributed by atoms with van der Waals surface area (Å²) in [6.07, 6.45) is 1.98. The van der Waals surface area contributed by atoms with E-state index in [0.717, 1.165) is 0 Å². The molecule has 2 rings (SSSR count). The van der Waals surface area contributed by atoms with E-state index < -0.39 is 5.79 Å². The topological polar surface area (TPSA) is 80.4 Å². The van der Waals surface area contributed by atoms with Gasteiger partial charge >= 0.3 is 0 Å². The van der Waals surface area contributed by atoms with Crippen molar-refractivity contribution in [1.29, 1.82) is 0 Å². The molecule has 0 saturated carbocycles. The lowest BCUT2D eigenvalue weighted by molar-refractivity contribution is -0.145. The normalized spacial score (nSPS) is 17.6. The van der Waals surface area contributed by atoms with E-state index in [4.69, 9.17) is 9.47 Å². The standard InChI is InChI=1S/C12H16N2O4/c1-12(17-6-7-18-12)4-5-13-11(16)9-2-3-10(15)14-8-9/h2-3,8H,4-7H2,1H3,(H,13,16)(H,14,15). The number of carbonyl (C=O) groups is 1. The van der Waals surface area contributed by atoms with Crippen molar-refractivity contribution in [3.8, 4) is 0 Å². The molecular weight excluding hydrogens is 236 g/mol. The highest BCUT2D eigenvalue weighted by atomic mass is 16.7. The van der Waals surface area contributed by atoms with E-state index in [1.54, 1.807) is 0 Å². The van der Waals surface area contributed by atoms with Gasteiger partial charge in [-0.15, -0.1) is 0 Å². The van der Waals surface area contributed by atoms with Gasteiger partial charge in [0.05, 0.1) is 18.8 Å². The predicted molar refractivity (Wildman–Crippen MR) is 64.3 cm³/mol. The molecule has 0 aliphatic carbocycles. The highest BCUT2D eigenvalue weighted by Crippen LogP contribution is 2.21. The summed E-state index contributed by atoms with van der Waals surface area (Å²) in [4.78, 5) is 25.0. The number of aromatic amines is 1. The summed E-state index contributed by atoms with van der Waals surface area (Å²) < 4.78 is 10.8. The zero-order chi connectivity index (χ0) is 13.0. The largest absolute Gasteiger partial charge is 0.352 e. The number of carbonyl (C=O) groups excluding carboxylic acids is 1. The Bertz CT molecular complexity index is 457. The Morgan fingerprint density at radius 1 is 1.44 bits per heavy atom. The molecule has 6 heteroatoms. The van der Waals surface area contributed by atoms with Crippen LogP contribution in [0.2, 0.25) is 0 Å². The van der Waals surface area contributed by atoms with Gasteiger partial charge < -0.3 is 19.8 Å². The molecule has 1 aromatic rings. The molecule has 18 heavy (non-hydrogen) atoms. The maximum absolute atomic E-state index is 11.7. The molecule has 0 unspecified atom stereocenters. The fraction of sp³-hybridized carbons (Fsp3) is 0.500. The summed E-state index contributed by atoms with van der Waals surface area (Å²) in [5.74, 6) is -0.828. The molecule has 0 radical (unpaired) electrons. The Labute approximate surface area is 104 Å². The van der Waals surface area contributed by atoms with Crippen LogP contribution < -0.4 is 10.9 Å². The predicted octanol–water partition coefficient (Wildman–Crippen LogP) is 0.258. The van der Waals surface area contributed by atoms with Crippen molar-refractivity contribution in [2.75, 3.05) is 19.8 Å². The number of hydrogen-bond acceptors (Lipinski definition) is 4. The van der Waals surface area contributed by atoms with Crippen molar-refractivity contribution < 1.29 is 14.3 Å². The second kappa shape index (κ2) is 5.32. The molecule has 1 aromatic heterocycles. The lowest BCUT2D eigenvalue weighted by Gasteiger charge is -2.22. The van der Waals surface area contributed by atoms with Gasteiger partial charge in [0.15, 0.2) is 5.79 Å². The number of hydrogen-bond donors (Lipinski definition) is 2. The molecule has 1 amide bonds. The molecule has 0 bridgehead atoms. The fourth-order valence-corrected chi connectivity index (χ4v) is 1.76. The number of H-pyrrole nitrogens is 1. The molecule has 0 atom stereocenters. The first-order valence-electron chi connectivity index (χ1n) is 5.84. The Morgan fingerprint density at radius 2 is 2.17 bits per heavy atom. The number of ether oxygens (including phenoxy) is 2. The van der Waals surface area contributed by atoms with Crippen LogP contribution >= 0.6 is 0 Å². The van der Waals surface area contributed by atoms with Crippen LogP contribution in [0.4, 0.5) is 0 Å². The van der Waals surface area contributed by atoms with E-state index in [-0.39, 0.29) is 11.5 Å². The van der Waals surface area contributed by atoms with Gasteiger partial charge in [0, 0.05) is 25.2 Å². The minimum absolute atomic E-state index is 0.229. The maximum atomic E-state index is 11.7. The van der Waals surface area contributed by atoms with Crippen LogP contribution in [0.5, 0.6) is 0 Å². The molecule has 1 aliphatic rings. The summed E-state index contributed by atoms with van der Waals surface area (Å²) in [5, 5.41) is 2.75. The van der Waals surface area contributed by atoms with E-state index in [2.05, 4.69) is 10.3 Å². The summed E-state index contributed by atoms with van der Waals surface area (Å²) in [5.41, 5.74) is 0.194. The van der Waals surface area contributed by atoms with Gasteiger partial charge in [-0.3, -0.25) is 9.59 Å². The fourth-order valence-electron chi connectivity index (χ4n) is 1.76. The van der Waals surface area contributed by atoms with E-state index in [1.807, 2.05) is 6.92 Å². The Morgan fingerprint density at radius 3 is 2.78 bits per heavy atom. The lowest BCUT2D eigenvalue weighted by Crippen LogP contribution is -2.33. The number of pyridine rings is 1. The zero-order valence-electron chi connectivity index (χ0n) is 10.2. The molecule has 0 spiro atoms. The first kappa shape index (κ1) is 12.8. The van der Waals surface area contributed by atoms with Gasteiger partial charge in [-0.25, -0.2) is 0 Å². The van der Waals surface area contributed by atoms with Gasteiger partial charge in [0.25, 0.3) is 5.91 Å². The van der Waals surface area contributed by atoms with Crippen molar-refractivity contribution in [3.63, 3.8) is 0 Å². The van der Waals surface area contributed by atoms with Gasteiger partial charge in [-0.2, -0.15) is 0 Å². The molecule has 1 fully saturated rings. The molecule has 98 valence electrons. The Kier molecular flexibility index (Phi) is 3.78. The number of rotatable bonds is 4. The highest BCUT2D eigenvalue weighted by molar-refractivity contribution is 5.93. The third-order valence-corrected chi connectivity index (χ3v) is 2.81. The van der Waals surface area contributed by atoms with E-state index in [1.165, 1.54) is 18.3 Å². The lowest BCUT2D eigenvalue weighted by atomic mass is 10.2. The highest BCUT2D eigenvalue weighted by Gasteiger charge is 2.30. The summed E-state index contributed by atoms with van der Waals surface area (Å²) in [6.45, 7) is 3.48. The molecule has 0 aromatic carbocycles. The second-order valence-electron chi connectivity index (χ2n) is 4.28. The van der Waals surface area contributed by atoms with Crippen molar-refractivity contribution >= 4 is 5.91 Å². The van der Waals surface area contributed by atoms with Crippen LogP contribution in [0.1, 0.15) is 23.7 Å². The zero-order valence-corrected chi connectivity index (χ0v) is 10.2. The SMILES string of the molecule is CC1(CCNC(=O)c2ccc(=O)[nH]c2)OCCO1. The summed E-state index contributed by atoms with van der Waals surface area (Å²) in [6, 6.07) is 2.80. The van der Waals surface area contributed by atoms with Crippen molar-refractivity contribution in [2.24, 2.45) is 0 Å². The number of amides is 1. The molecule has 2 N–H and O–H groups in total. The van der Waals surface area contributed by atoms with Gasteiger partial charge in [0.1, 0.15) is 0 Å². The molecule has 1 saturated heterocycles. The third kappa shape index (κ3) is 3.18. The summed E-state index contributed by atoms with van der Waals surface area (Å²) in [7, 11) is 0. The van der Waals surface area contributed by atoms with Crippen LogP contribution in [-0.4, -0.2) is 36.4 Å². The van der Waals surface area contributed by atoms with Gasteiger partial charge in [-0.1, -0.05) is 0 Å². The minimum atomic E-state index is -0.599. The quantitative estimate of drug-likeness (QED) is 0.805. The van der Waals surface area contributed by atoms with Crippen LogP contribution in [0.15, 0.2) is 23.1 Å². The van der Waals surface area contributed by atoms with E-state index in [0.29, 0.717) is 31.7 Å². The van der Waals surface area contributed by atoms with Crippen molar-refractivity contribution in [2.45, 2.75) is 19.1 Å². The van der Waals surface area contributed by atoms with Crippen LogP contribution in [0, 0.1) is 0 Å². The average molecular weight is 252 g/mol. The molecular formula is C12H16N2O4. The van der Waals surface area contributed by atoms with Gasteiger partial charge in [0.2, 0.25) is 5.56 Å². The smallest absolute Gasteiger partial charge is 0.252 e. The van der Waals surface area contributed by atoms with Crippen LogP contribution in [0.3, 0.4) is 0 Å². The van der Waals surface area contributed by atoms with Crippen molar-refractivity contribution in [3.05, 3.63) is 34.2 Å². The van der Waals surface area contributed by atoms with Gasteiger partial charge in [-0.05, 0) is 13.0 Å². The average Bonchev–Trinajstić information content (AvgIpc) is 2.77. The first-order valence-corrected chi connectivity index (χ1v) is 5.84. The monoisotopic (exact) mass is 252 g/mol. The number of nitrogens with one attached hydrogen (secondary N) is 2. The molecule has 1 aliphatic heterocycles. The second-order valence-corrected chi connectivity index (χ2v) is 4.28. The summed E-state index contributed by atoms with van der Waals surface area (Å²) >= 11 is 0. The third-order valence-electron chi connectivity index (χ3n) is 2.81. The Hall–Kier alpha value is -1.66. The Balaban J connectivity index is 1.81. The van der Waals surface area contributed by atoms with E-state index in [9.17, 15) is 9.59 Å². The van der Waals surface area contributed by atoms with Crippen LogP contribution in [-0.2, 0) is 9.47 Å². The van der Waals surface area contributed by atoms with Crippen LogP contribution in [0.25, 0.3) is 0 Å². The van der Waals surface area contributed by atoms with E-state index >= 15 is 0 Å².